The number of oxazole rings is 1. The third-order valence-corrected chi connectivity index (χ3v) is 8.36. The fourth-order valence-electron chi connectivity index (χ4n) is 4.30. The van der Waals surface area contributed by atoms with Crippen LogP contribution in [-0.2, 0) is 22.8 Å². The van der Waals surface area contributed by atoms with Crippen molar-refractivity contribution in [2.45, 2.75) is 64.8 Å². The Labute approximate surface area is 205 Å². The Morgan fingerprint density at radius 1 is 1.17 bits per heavy atom. The minimum atomic E-state index is -1.21. The van der Waals surface area contributed by atoms with Crippen LogP contribution in [0.4, 0.5) is 0 Å². The van der Waals surface area contributed by atoms with Crippen molar-refractivity contribution in [1.82, 2.24) is 9.47 Å². The molecule has 4 rings (SSSR count). The lowest BCUT2D eigenvalue weighted by atomic mass is 9.96. The van der Waals surface area contributed by atoms with Crippen molar-refractivity contribution in [3.8, 4) is 0 Å². The molecule has 0 aliphatic carbocycles. The van der Waals surface area contributed by atoms with E-state index in [2.05, 4.69) is 19.6 Å². The number of carbonyl (C=O) groups excluding carboxylic acids is 1. The first-order chi connectivity index (χ1) is 16.5. The Hall–Kier alpha value is -3.17. The number of rotatable bonds is 9. The first kappa shape index (κ1) is 24.9. The number of carboxylic acids is 1. The van der Waals surface area contributed by atoms with Gasteiger partial charge >= 0.3 is 11.7 Å². The highest BCUT2D eigenvalue weighted by atomic mass is 28.3. The molecule has 0 bridgehead atoms. The van der Waals surface area contributed by atoms with Gasteiger partial charge in [0.05, 0.1) is 17.5 Å². The molecule has 2 aromatic carbocycles. The van der Waals surface area contributed by atoms with Gasteiger partial charge < -0.3 is 19.2 Å². The summed E-state index contributed by atoms with van der Waals surface area (Å²) in [7, 11) is -1.21. The van der Waals surface area contributed by atoms with Crippen LogP contribution >= 0.6 is 0 Å². The van der Waals surface area contributed by atoms with E-state index in [-0.39, 0.29) is 18.7 Å². The van der Waals surface area contributed by atoms with Crippen LogP contribution < -0.4 is 5.76 Å². The average Bonchev–Trinajstić information content (AvgIpc) is 3.23. The van der Waals surface area contributed by atoms with Crippen molar-refractivity contribution in [2.75, 3.05) is 6.61 Å². The molecule has 2 unspecified atom stereocenters. The zero-order valence-corrected chi connectivity index (χ0v) is 21.8. The zero-order valence-electron chi connectivity index (χ0n) is 20.8. The van der Waals surface area contributed by atoms with Crippen molar-refractivity contribution in [2.24, 2.45) is 0 Å². The van der Waals surface area contributed by atoms with E-state index < -0.39 is 25.7 Å². The molecule has 0 saturated heterocycles. The van der Waals surface area contributed by atoms with Gasteiger partial charge in [-0.3, -0.25) is 9.59 Å². The topological polar surface area (TPSA) is 102 Å². The molecule has 3 aromatic rings. The number of ether oxygens (including phenoxy) is 1. The van der Waals surface area contributed by atoms with Gasteiger partial charge in [-0.15, -0.1) is 0 Å². The van der Waals surface area contributed by atoms with Gasteiger partial charge in [0.2, 0.25) is 0 Å². The highest BCUT2D eigenvalue weighted by molar-refractivity contribution is 6.76. The smallest absolute Gasteiger partial charge is 0.421 e. The number of aliphatic carboxylic acids is 1. The van der Waals surface area contributed by atoms with E-state index in [1.165, 1.54) is 4.57 Å². The Balaban J connectivity index is 1.51. The van der Waals surface area contributed by atoms with E-state index in [0.29, 0.717) is 35.4 Å². The molecule has 0 fully saturated rings. The summed E-state index contributed by atoms with van der Waals surface area (Å²) in [6, 6.07) is 11.7. The first-order valence-electron chi connectivity index (χ1n) is 11.8. The van der Waals surface area contributed by atoms with Crippen LogP contribution in [0.25, 0.3) is 11.1 Å². The molecular weight excluding hydrogens is 464 g/mol. The van der Waals surface area contributed by atoms with Crippen LogP contribution in [0.2, 0.25) is 25.7 Å². The maximum Gasteiger partial charge on any atom is 0.421 e. The van der Waals surface area contributed by atoms with Gasteiger partial charge in [-0.25, -0.2) is 9.36 Å². The standard InChI is InChI=1S/C26H32N2O6Si/c1-16(25(30)31)19-7-8-20-17(2)27(24(29)21(20)13-19)14-18-6-9-22-23(12-18)34-26(32)28(22)15-33-10-11-35(3,4)5/h6-9,12-13,16-17H,10-11,14-15H2,1-5H3,(H,30,31). The van der Waals surface area contributed by atoms with Crippen LogP contribution in [0.3, 0.4) is 0 Å². The highest BCUT2D eigenvalue weighted by Crippen LogP contribution is 2.36. The summed E-state index contributed by atoms with van der Waals surface area (Å²) in [5.41, 5.74) is 3.97. The van der Waals surface area contributed by atoms with Gasteiger partial charge in [0.15, 0.2) is 5.58 Å². The lowest BCUT2D eigenvalue weighted by Crippen LogP contribution is -2.26. The molecule has 2 heterocycles. The molecule has 35 heavy (non-hydrogen) atoms. The van der Waals surface area contributed by atoms with Gasteiger partial charge in [-0.2, -0.15) is 0 Å². The Bertz CT molecular complexity index is 1340. The number of hydrogen-bond acceptors (Lipinski definition) is 5. The summed E-state index contributed by atoms with van der Waals surface area (Å²) >= 11 is 0. The Morgan fingerprint density at radius 2 is 1.91 bits per heavy atom. The molecule has 2 atom stereocenters. The van der Waals surface area contributed by atoms with Crippen molar-refractivity contribution >= 4 is 31.1 Å². The summed E-state index contributed by atoms with van der Waals surface area (Å²) in [4.78, 5) is 38.7. The minimum Gasteiger partial charge on any atom is -0.481 e. The predicted octanol–water partition coefficient (Wildman–Crippen LogP) is 4.81. The van der Waals surface area contributed by atoms with E-state index in [0.717, 1.165) is 17.2 Å². The van der Waals surface area contributed by atoms with Crippen molar-refractivity contribution < 1.29 is 23.8 Å². The number of nitrogens with zero attached hydrogens (tertiary/aromatic N) is 2. The van der Waals surface area contributed by atoms with Crippen LogP contribution in [0, 0.1) is 0 Å². The van der Waals surface area contributed by atoms with Crippen LogP contribution in [0.1, 0.15) is 52.9 Å². The summed E-state index contributed by atoms with van der Waals surface area (Å²) in [5.74, 6) is -2.22. The van der Waals surface area contributed by atoms with Gasteiger partial charge in [-0.1, -0.05) is 37.8 Å². The summed E-state index contributed by atoms with van der Waals surface area (Å²) in [6.45, 7) is 11.5. The molecule has 1 aliphatic heterocycles. The van der Waals surface area contributed by atoms with Gasteiger partial charge in [0.1, 0.15) is 6.73 Å². The number of aromatic nitrogens is 1. The second kappa shape index (κ2) is 9.47. The van der Waals surface area contributed by atoms with Crippen molar-refractivity contribution in [3.05, 3.63) is 69.2 Å². The van der Waals surface area contributed by atoms with Crippen LogP contribution in [0.5, 0.6) is 0 Å². The highest BCUT2D eigenvalue weighted by Gasteiger charge is 2.34. The fourth-order valence-corrected chi connectivity index (χ4v) is 5.06. The largest absolute Gasteiger partial charge is 0.481 e. The maximum absolute atomic E-state index is 13.2. The third kappa shape index (κ3) is 5.11. The van der Waals surface area contributed by atoms with Gasteiger partial charge in [-0.05, 0) is 54.8 Å². The molecule has 186 valence electrons. The number of carboxylic acid groups (broad SMARTS) is 1. The molecule has 0 saturated carbocycles. The van der Waals surface area contributed by atoms with Crippen molar-refractivity contribution in [3.63, 3.8) is 0 Å². The number of benzene rings is 2. The number of fused-ring (bicyclic) bond motifs is 2. The first-order valence-corrected chi connectivity index (χ1v) is 15.5. The number of amides is 1. The Morgan fingerprint density at radius 3 is 2.60 bits per heavy atom. The second-order valence-electron chi connectivity index (χ2n) is 10.5. The Kier molecular flexibility index (Phi) is 6.74. The van der Waals surface area contributed by atoms with Crippen LogP contribution in [0.15, 0.2) is 45.6 Å². The average molecular weight is 497 g/mol. The molecular formula is C26H32N2O6Si. The summed E-state index contributed by atoms with van der Waals surface area (Å²) < 4.78 is 12.7. The molecule has 1 aliphatic rings. The van der Waals surface area contributed by atoms with E-state index in [1.54, 1.807) is 30.0 Å². The summed E-state index contributed by atoms with van der Waals surface area (Å²) in [5, 5.41) is 9.31. The molecule has 1 aromatic heterocycles. The summed E-state index contributed by atoms with van der Waals surface area (Å²) in [6.07, 6.45) is 0. The molecule has 1 N–H and O–H groups in total. The van der Waals surface area contributed by atoms with Crippen LogP contribution in [-0.4, -0.2) is 41.1 Å². The second-order valence-corrected chi connectivity index (χ2v) is 16.1. The van der Waals surface area contributed by atoms with Crippen molar-refractivity contribution in [1.29, 1.82) is 0 Å². The van der Waals surface area contributed by atoms with E-state index in [9.17, 15) is 19.5 Å². The molecule has 8 nitrogen and oxygen atoms in total. The van der Waals surface area contributed by atoms with E-state index in [4.69, 9.17) is 9.15 Å². The number of carbonyl (C=O) groups is 2. The monoisotopic (exact) mass is 496 g/mol. The molecule has 9 heteroatoms. The van der Waals surface area contributed by atoms with E-state index in [1.807, 2.05) is 25.1 Å². The zero-order chi connectivity index (χ0) is 25.5. The minimum absolute atomic E-state index is 0.137. The molecule has 0 spiro atoms. The molecule has 1 amide bonds. The molecule has 0 radical (unpaired) electrons. The lowest BCUT2D eigenvalue weighted by Gasteiger charge is -2.22. The SMILES string of the molecule is CC(C(=O)O)c1ccc2c(c1)C(=O)N(Cc1ccc3c(c1)oc(=O)n3COCC[Si](C)(C)C)C2C. The predicted molar refractivity (Wildman–Crippen MR) is 135 cm³/mol. The fraction of sp³-hybridized carbons (Fsp3) is 0.423. The number of hydrogen-bond donors (Lipinski definition) is 1. The van der Waals surface area contributed by atoms with Gasteiger partial charge in [0, 0.05) is 26.8 Å². The lowest BCUT2D eigenvalue weighted by molar-refractivity contribution is -0.138. The quantitative estimate of drug-likeness (QED) is 0.337. The maximum atomic E-state index is 13.2. The van der Waals surface area contributed by atoms with E-state index >= 15 is 0 Å². The normalized spacial score (nSPS) is 16.7. The third-order valence-electron chi connectivity index (χ3n) is 6.66. The van der Waals surface area contributed by atoms with Gasteiger partial charge in [0.25, 0.3) is 5.91 Å².